The van der Waals surface area contributed by atoms with Gasteiger partial charge in [-0.2, -0.15) is 0 Å². The molecule has 0 spiro atoms. The van der Waals surface area contributed by atoms with E-state index in [0.29, 0.717) is 10.6 Å². The van der Waals surface area contributed by atoms with Crippen molar-refractivity contribution in [3.05, 3.63) is 58.4 Å². The van der Waals surface area contributed by atoms with Gasteiger partial charge in [-0.3, -0.25) is 0 Å². The number of hydrogen-bond acceptors (Lipinski definition) is 5. The standard InChI is InChI=1S/C22H23ClFNO5S/c1-22(2,3)30-21(26)14-29-20-11-8-17(23)12-16(20)7-6-15-13-18(9-10-19(15)24)31(27,28)25(4)5/h8-13H,14H2,1-5H3. The number of benzene rings is 2. The zero-order chi connectivity index (χ0) is 23.4. The molecule has 0 saturated heterocycles. The largest absolute Gasteiger partial charge is 0.481 e. The third-order valence-electron chi connectivity index (χ3n) is 3.76. The summed E-state index contributed by atoms with van der Waals surface area (Å²) in [6, 6.07) is 7.95. The van der Waals surface area contributed by atoms with Crippen molar-refractivity contribution >= 4 is 27.6 Å². The summed E-state index contributed by atoms with van der Waals surface area (Å²) in [7, 11) is -0.987. The number of rotatable bonds is 5. The molecule has 31 heavy (non-hydrogen) atoms. The maximum atomic E-state index is 14.2. The SMILES string of the molecule is CN(C)S(=O)(=O)c1ccc(F)c(C#Cc2cc(Cl)ccc2OCC(=O)OC(C)(C)C)c1. The van der Waals surface area contributed by atoms with Crippen molar-refractivity contribution in [1.29, 1.82) is 0 Å². The lowest BCUT2D eigenvalue weighted by atomic mass is 10.1. The molecule has 2 aromatic carbocycles. The van der Waals surface area contributed by atoms with Crippen LogP contribution in [0.25, 0.3) is 0 Å². The van der Waals surface area contributed by atoms with Gasteiger partial charge in [-0.05, 0) is 57.2 Å². The molecule has 9 heteroatoms. The smallest absolute Gasteiger partial charge is 0.344 e. The first-order valence-electron chi connectivity index (χ1n) is 9.18. The predicted octanol–water partition coefficient (Wildman–Crippen LogP) is 3.85. The number of nitrogens with zero attached hydrogens (tertiary/aromatic N) is 1. The molecule has 0 bridgehead atoms. The number of carbonyl (C=O) groups is 1. The Labute approximate surface area is 187 Å². The van der Waals surface area contributed by atoms with Crippen LogP contribution < -0.4 is 4.74 Å². The van der Waals surface area contributed by atoms with Crippen molar-refractivity contribution in [1.82, 2.24) is 4.31 Å². The van der Waals surface area contributed by atoms with Crippen LogP contribution in [0.4, 0.5) is 4.39 Å². The minimum atomic E-state index is -3.75. The average molecular weight is 468 g/mol. The highest BCUT2D eigenvalue weighted by molar-refractivity contribution is 7.89. The summed E-state index contributed by atoms with van der Waals surface area (Å²) in [6.45, 7) is 4.87. The number of hydrogen-bond donors (Lipinski definition) is 0. The highest BCUT2D eigenvalue weighted by atomic mass is 35.5. The molecule has 0 unspecified atom stereocenters. The highest BCUT2D eigenvalue weighted by Crippen LogP contribution is 2.23. The predicted molar refractivity (Wildman–Crippen MR) is 116 cm³/mol. The number of halogens is 2. The van der Waals surface area contributed by atoms with Crippen molar-refractivity contribution < 1.29 is 27.1 Å². The van der Waals surface area contributed by atoms with Gasteiger partial charge >= 0.3 is 5.97 Å². The first-order valence-corrected chi connectivity index (χ1v) is 11.0. The lowest BCUT2D eigenvalue weighted by molar-refractivity contribution is -0.157. The molecule has 0 aliphatic heterocycles. The Morgan fingerprint density at radius 2 is 1.74 bits per heavy atom. The van der Waals surface area contributed by atoms with Gasteiger partial charge in [-0.15, -0.1) is 0 Å². The Kier molecular flexibility index (Phi) is 7.71. The Morgan fingerprint density at radius 1 is 1.10 bits per heavy atom. The zero-order valence-electron chi connectivity index (χ0n) is 17.8. The monoisotopic (exact) mass is 467 g/mol. The van der Waals surface area contributed by atoms with Crippen molar-refractivity contribution in [3.8, 4) is 17.6 Å². The van der Waals surface area contributed by atoms with Crippen LogP contribution in [0.3, 0.4) is 0 Å². The molecule has 166 valence electrons. The van der Waals surface area contributed by atoms with Crippen LogP contribution in [0, 0.1) is 17.7 Å². The third-order valence-corrected chi connectivity index (χ3v) is 5.80. The molecule has 0 saturated carbocycles. The zero-order valence-corrected chi connectivity index (χ0v) is 19.4. The molecule has 2 rings (SSSR count). The molecular formula is C22H23ClFNO5S. The topological polar surface area (TPSA) is 72.9 Å². The second kappa shape index (κ2) is 9.69. The molecule has 0 amide bonds. The number of ether oxygens (including phenoxy) is 2. The van der Waals surface area contributed by atoms with Crippen LogP contribution >= 0.6 is 11.6 Å². The fraction of sp³-hybridized carbons (Fsp3) is 0.318. The second-order valence-electron chi connectivity index (χ2n) is 7.69. The lowest BCUT2D eigenvalue weighted by Crippen LogP contribution is -2.27. The van der Waals surface area contributed by atoms with Crippen LogP contribution in [0.1, 0.15) is 31.9 Å². The van der Waals surface area contributed by atoms with Crippen LogP contribution in [-0.4, -0.2) is 45.0 Å². The van der Waals surface area contributed by atoms with Crippen LogP contribution in [0.5, 0.6) is 5.75 Å². The molecule has 0 aliphatic rings. The summed E-state index contributed by atoms with van der Waals surface area (Å²) >= 11 is 6.03. The third kappa shape index (κ3) is 6.96. The number of esters is 1. The molecular weight excluding hydrogens is 445 g/mol. The molecule has 0 aromatic heterocycles. The maximum absolute atomic E-state index is 14.2. The Bertz CT molecular complexity index is 1140. The van der Waals surface area contributed by atoms with E-state index < -0.39 is 27.4 Å². The normalized spacial score (nSPS) is 11.6. The molecule has 2 aromatic rings. The lowest BCUT2D eigenvalue weighted by Gasteiger charge is -2.19. The molecule has 0 heterocycles. The van der Waals surface area contributed by atoms with Crippen LogP contribution in [0.15, 0.2) is 41.3 Å². The van der Waals surface area contributed by atoms with E-state index in [9.17, 15) is 17.6 Å². The summed E-state index contributed by atoms with van der Waals surface area (Å²) in [5, 5.41) is 0.360. The van der Waals surface area contributed by atoms with Gasteiger partial charge in [0.1, 0.15) is 17.2 Å². The molecule has 0 aliphatic carbocycles. The Balaban J connectivity index is 2.35. The van der Waals surface area contributed by atoms with Crippen LogP contribution in [0.2, 0.25) is 5.02 Å². The Morgan fingerprint density at radius 3 is 2.35 bits per heavy atom. The van der Waals surface area contributed by atoms with Gasteiger partial charge in [0.05, 0.1) is 16.0 Å². The van der Waals surface area contributed by atoms with Crippen LogP contribution in [-0.2, 0) is 19.6 Å². The van der Waals surface area contributed by atoms with Gasteiger partial charge in [0.15, 0.2) is 6.61 Å². The molecule has 0 N–H and O–H groups in total. The van der Waals surface area contributed by atoms with Crippen molar-refractivity contribution in [3.63, 3.8) is 0 Å². The van der Waals surface area contributed by atoms with Gasteiger partial charge < -0.3 is 9.47 Å². The van der Waals surface area contributed by atoms with Gasteiger partial charge in [0, 0.05) is 19.1 Å². The van der Waals surface area contributed by atoms with E-state index in [1.807, 2.05) is 0 Å². The van der Waals surface area contributed by atoms with Gasteiger partial charge in [-0.1, -0.05) is 23.4 Å². The first kappa shape index (κ1) is 24.7. The van der Waals surface area contributed by atoms with E-state index in [1.165, 1.54) is 32.3 Å². The highest BCUT2D eigenvalue weighted by Gasteiger charge is 2.19. The Hall–Kier alpha value is -2.60. The van der Waals surface area contributed by atoms with E-state index in [-0.39, 0.29) is 22.8 Å². The fourth-order valence-electron chi connectivity index (χ4n) is 2.34. The fourth-order valence-corrected chi connectivity index (χ4v) is 3.44. The van der Waals surface area contributed by atoms with E-state index >= 15 is 0 Å². The summed E-state index contributed by atoms with van der Waals surface area (Å²) in [5.41, 5.74) is -0.462. The number of sulfonamides is 1. The minimum Gasteiger partial charge on any atom is -0.481 e. The first-order chi connectivity index (χ1) is 14.3. The minimum absolute atomic E-state index is 0.0873. The van der Waals surface area contributed by atoms with E-state index in [0.717, 1.165) is 16.4 Å². The number of carbonyl (C=O) groups excluding carboxylic acids is 1. The van der Waals surface area contributed by atoms with E-state index in [4.69, 9.17) is 21.1 Å². The summed E-state index contributed by atoms with van der Waals surface area (Å²) in [6.07, 6.45) is 0. The van der Waals surface area contributed by atoms with Gasteiger partial charge in [-0.25, -0.2) is 21.9 Å². The average Bonchev–Trinajstić information content (AvgIpc) is 2.64. The van der Waals surface area contributed by atoms with Gasteiger partial charge in [0.2, 0.25) is 10.0 Å². The van der Waals surface area contributed by atoms with E-state index in [1.54, 1.807) is 26.8 Å². The quantitative estimate of drug-likeness (QED) is 0.493. The summed E-state index contributed by atoms with van der Waals surface area (Å²) in [4.78, 5) is 11.8. The van der Waals surface area contributed by atoms with Crippen molar-refractivity contribution in [2.24, 2.45) is 0 Å². The molecule has 0 atom stereocenters. The maximum Gasteiger partial charge on any atom is 0.344 e. The molecule has 0 fully saturated rings. The molecule has 0 radical (unpaired) electrons. The van der Waals surface area contributed by atoms with Gasteiger partial charge in [0.25, 0.3) is 0 Å². The summed E-state index contributed by atoms with van der Waals surface area (Å²) in [5.74, 6) is 4.35. The van der Waals surface area contributed by atoms with Crippen molar-refractivity contribution in [2.45, 2.75) is 31.3 Å². The molecule has 6 nitrogen and oxygen atoms in total. The van der Waals surface area contributed by atoms with Crippen molar-refractivity contribution in [2.75, 3.05) is 20.7 Å². The van der Waals surface area contributed by atoms with E-state index in [2.05, 4.69) is 11.8 Å². The summed E-state index contributed by atoms with van der Waals surface area (Å²) < 4.78 is 50.5. The second-order valence-corrected chi connectivity index (χ2v) is 10.3.